The van der Waals surface area contributed by atoms with Gasteiger partial charge in [-0.1, -0.05) is 133 Å². The van der Waals surface area contributed by atoms with E-state index < -0.39 is 0 Å². The average molecular weight is 527 g/mol. The summed E-state index contributed by atoms with van der Waals surface area (Å²) >= 11 is 0. The van der Waals surface area contributed by atoms with Crippen LogP contribution in [0.1, 0.15) is 22.3 Å². The van der Waals surface area contributed by atoms with E-state index in [4.69, 9.17) is 4.99 Å². The largest absolute Gasteiger partial charge is 0.309 e. The molecule has 0 unspecified atom stereocenters. The fourth-order valence-electron chi connectivity index (χ4n) is 5.68. The Kier molecular flexibility index (Phi) is 6.50. The Morgan fingerprint density at radius 1 is 0.537 bits per heavy atom. The van der Waals surface area contributed by atoms with Crippen molar-refractivity contribution in [2.45, 2.75) is 13.5 Å². The summed E-state index contributed by atoms with van der Waals surface area (Å²) in [5, 5.41) is 2.52. The summed E-state index contributed by atoms with van der Waals surface area (Å²) < 4.78 is 2.39. The molecule has 7 aromatic rings. The van der Waals surface area contributed by atoms with Crippen molar-refractivity contribution in [3.63, 3.8) is 0 Å². The van der Waals surface area contributed by atoms with Crippen LogP contribution in [0.5, 0.6) is 0 Å². The van der Waals surface area contributed by atoms with E-state index >= 15 is 0 Å². The van der Waals surface area contributed by atoms with Crippen LogP contribution in [0.15, 0.2) is 157 Å². The molecule has 0 spiro atoms. The summed E-state index contributed by atoms with van der Waals surface area (Å²) in [5.74, 6) is 0. The van der Waals surface area contributed by atoms with Crippen LogP contribution < -0.4 is 0 Å². The zero-order valence-corrected chi connectivity index (χ0v) is 23.0. The number of hydrogen-bond acceptors (Lipinski definition) is 1. The maximum atomic E-state index is 5.15. The Balaban J connectivity index is 1.33. The molecule has 6 aromatic carbocycles. The monoisotopic (exact) mass is 526 g/mol. The van der Waals surface area contributed by atoms with Gasteiger partial charge in [0.15, 0.2) is 0 Å². The van der Waals surface area contributed by atoms with Gasteiger partial charge >= 0.3 is 0 Å². The van der Waals surface area contributed by atoms with E-state index in [9.17, 15) is 0 Å². The van der Waals surface area contributed by atoms with E-state index in [1.54, 1.807) is 0 Å². The van der Waals surface area contributed by atoms with Gasteiger partial charge in [-0.05, 0) is 47.9 Å². The normalized spacial score (nSPS) is 11.1. The second-order valence-electron chi connectivity index (χ2n) is 10.5. The van der Waals surface area contributed by atoms with E-state index in [2.05, 4.69) is 151 Å². The molecule has 0 aliphatic heterocycles. The molecule has 0 radical (unpaired) electrons. The van der Waals surface area contributed by atoms with Gasteiger partial charge in [-0.3, -0.25) is 4.99 Å². The molecule has 1 heterocycles. The average Bonchev–Trinajstić information content (AvgIpc) is 3.36. The summed E-state index contributed by atoms with van der Waals surface area (Å²) in [6.07, 6.45) is 0. The first-order valence-electron chi connectivity index (χ1n) is 14.1. The van der Waals surface area contributed by atoms with Crippen LogP contribution in [-0.2, 0) is 6.54 Å². The predicted molar refractivity (Wildman–Crippen MR) is 173 cm³/mol. The van der Waals surface area contributed by atoms with Crippen molar-refractivity contribution in [1.82, 2.24) is 4.57 Å². The summed E-state index contributed by atoms with van der Waals surface area (Å²) in [7, 11) is 0. The van der Waals surface area contributed by atoms with E-state index in [0.717, 1.165) is 22.5 Å². The number of rotatable bonds is 6. The molecule has 0 atom stereocenters. The van der Waals surface area contributed by atoms with E-state index in [1.165, 1.54) is 44.1 Å². The molecule has 7 rings (SSSR count). The molecule has 41 heavy (non-hydrogen) atoms. The number of benzene rings is 6. The van der Waals surface area contributed by atoms with E-state index in [0.29, 0.717) is 6.54 Å². The maximum absolute atomic E-state index is 5.15. The number of aromatic nitrogens is 1. The third-order valence-corrected chi connectivity index (χ3v) is 7.74. The first kappa shape index (κ1) is 24.8. The minimum Gasteiger partial charge on any atom is -0.309 e. The third-order valence-electron chi connectivity index (χ3n) is 7.74. The number of para-hydroxylation sites is 1. The second-order valence-corrected chi connectivity index (χ2v) is 10.5. The molecule has 0 amide bonds. The van der Waals surface area contributed by atoms with Crippen LogP contribution in [0.25, 0.3) is 38.6 Å². The SMILES string of the molecule is Cc1ccc(-c2ccc3c4ccccc4n(-c4cccc(CN=C(c5ccccc5)c5ccccc5)c4)c3c2)cc1. The molecule has 0 N–H and O–H groups in total. The van der Waals surface area contributed by atoms with Gasteiger partial charge in [-0.2, -0.15) is 0 Å². The van der Waals surface area contributed by atoms with Gasteiger partial charge in [-0.15, -0.1) is 0 Å². The maximum Gasteiger partial charge on any atom is 0.0723 e. The van der Waals surface area contributed by atoms with Crippen molar-refractivity contribution in [1.29, 1.82) is 0 Å². The molecule has 196 valence electrons. The van der Waals surface area contributed by atoms with Gasteiger partial charge in [0.2, 0.25) is 0 Å². The van der Waals surface area contributed by atoms with Crippen LogP contribution >= 0.6 is 0 Å². The highest BCUT2D eigenvalue weighted by Crippen LogP contribution is 2.35. The molecular formula is C39H30N2. The first-order chi connectivity index (χ1) is 20.2. The molecular weight excluding hydrogens is 496 g/mol. The summed E-state index contributed by atoms with van der Waals surface area (Å²) in [5.41, 5.74) is 11.7. The lowest BCUT2D eigenvalue weighted by molar-refractivity contribution is 1.05. The van der Waals surface area contributed by atoms with Crippen molar-refractivity contribution in [2.24, 2.45) is 4.99 Å². The van der Waals surface area contributed by atoms with Crippen LogP contribution in [0, 0.1) is 6.92 Å². The van der Waals surface area contributed by atoms with Crippen molar-refractivity contribution in [2.75, 3.05) is 0 Å². The van der Waals surface area contributed by atoms with Gasteiger partial charge in [0.1, 0.15) is 0 Å². The highest BCUT2D eigenvalue weighted by atomic mass is 15.0. The highest BCUT2D eigenvalue weighted by molar-refractivity contribution is 6.13. The minimum absolute atomic E-state index is 0.596. The first-order valence-corrected chi connectivity index (χ1v) is 14.1. The lowest BCUT2D eigenvalue weighted by Gasteiger charge is -2.11. The smallest absolute Gasteiger partial charge is 0.0723 e. The Bertz CT molecular complexity index is 1960. The minimum atomic E-state index is 0.596. The van der Waals surface area contributed by atoms with Gasteiger partial charge in [-0.25, -0.2) is 0 Å². The predicted octanol–water partition coefficient (Wildman–Crippen LogP) is 9.80. The topological polar surface area (TPSA) is 17.3 Å². The fraction of sp³-hybridized carbons (Fsp3) is 0.0513. The lowest BCUT2D eigenvalue weighted by Crippen LogP contribution is -2.04. The summed E-state index contributed by atoms with van der Waals surface area (Å²) in [4.78, 5) is 5.15. The molecule has 2 heteroatoms. The molecule has 0 aliphatic rings. The summed E-state index contributed by atoms with van der Waals surface area (Å²) in [6, 6.07) is 54.0. The van der Waals surface area contributed by atoms with Gasteiger partial charge in [0.25, 0.3) is 0 Å². The second kappa shape index (κ2) is 10.7. The fourth-order valence-corrected chi connectivity index (χ4v) is 5.68. The van der Waals surface area contributed by atoms with Crippen LogP contribution in [0.4, 0.5) is 0 Å². The number of fused-ring (bicyclic) bond motifs is 3. The molecule has 0 saturated heterocycles. The Morgan fingerprint density at radius 2 is 1.17 bits per heavy atom. The summed E-state index contributed by atoms with van der Waals surface area (Å²) in [6.45, 7) is 2.73. The van der Waals surface area contributed by atoms with Crippen molar-refractivity contribution >= 4 is 27.5 Å². The van der Waals surface area contributed by atoms with Gasteiger partial charge < -0.3 is 4.57 Å². The Morgan fingerprint density at radius 3 is 1.90 bits per heavy atom. The zero-order chi connectivity index (χ0) is 27.6. The number of aliphatic imine (C=N–C) groups is 1. The molecule has 0 fully saturated rings. The van der Waals surface area contributed by atoms with Crippen LogP contribution in [-0.4, -0.2) is 10.3 Å². The Hall–Kier alpha value is -5.21. The van der Waals surface area contributed by atoms with Crippen molar-refractivity contribution in [3.05, 3.63) is 174 Å². The van der Waals surface area contributed by atoms with Crippen LogP contribution in [0.3, 0.4) is 0 Å². The third kappa shape index (κ3) is 4.85. The highest BCUT2D eigenvalue weighted by Gasteiger charge is 2.14. The molecule has 0 aliphatic carbocycles. The van der Waals surface area contributed by atoms with Gasteiger partial charge in [0.05, 0.1) is 23.3 Å². The van der Waals surface area contributed by atoms with Gasteiger partial charge in [0, 0.05) is 27.6 Å². The molecule has 0 bridgehead atoms. The number of aryl methyl sites for hydroxylation is 1. The molecule has 0 saturated carbocycles. The van der Waals surface area contributed by atoms with E-state index in [-0.39, 0.29) is 0 Å². The molecule has 1 aromatic heterocycles. The standard InChI is InChI=1S/C39H30N2/c1-28-19-21-30(22-20-28)33-23-24-36-35-17-8-9-18-37(35)41(38(36)26-33)34-16-10-11-29(25-34)27-40-39(31-12-4-2-5-13-31)32-14-6-3-7-15-32/h2-26H,27H2,1H3. The van der Waals surface area contributed by atoms with Crippen molar-refractivity contribution in [3.8, 4) is 16.8 Å². The number of nitrogens with zero attached hydrogens (tertiary/aromatic N) is 2. The quantitative estimate of drug-likeness (QED) is 0.192. The lowest BCUT2D eigenvalue weighted by atomic mass is 10.0. The van der Waals surface area contributed by atoms with Crippen LogP contribution in [0.2, 0.25) is 0 Å². The molecule has 2 nitrogen and oxygen atoms in total. The number of hydrogen-bond donors (Lipinski definition) is 0. The van der Waals surface area contributed by atoms with E-state index in [1.807, 2.05) is 12.1 Å². The zero-order valence-electron chi connectivity index (χ0n) is 23.0. The van der Waals surface area contributed by atoms with Crippen molar-refractivity contribution < 1.29 is 0 Å². The Labute approximate surface area is 240 Å².